The molecule has 0 bridgehead atoms. The highest BCUT2D eigenvalue weighted by atomic mass is 16.5. The van der Waals surface area contributed by atoms with Gasteiger partial charge in [-0.2, -0.15) is 0 Å². The van der Waals surface area contributed by atoms with E-state index in [0.29, 0.717) is 42.6 Å². The fraction of sp³-hybridized carbons (Fsp3) is 0.333. The highest BCUT2D eigenvalue weighted by molar-refractivity contribution is 5.91. The number of methoxy groups -OCH3 is 2. The fourth-order valence-corrected chi connectivity index (χ4v) is 5.00. The van der Waals surface area contributed by atoms with Crippen LogP contribution in [0.3, 0.4) is 0 Å². The minimum absolute atomic E-state index is 0.159. The zero-order valence-electron chi connectivity index (χ0n) is 24.5. The minimum atomic E-state index is -0.159. The molecule has 3 aromatic carbocycles. The van der Waals surface area contributed by atoms with E-state index in [2.05, 4.69) is 26.9 Å². The zero-order valence-corrected chi connectivity index (χ0v) is 24.5. The van der Waals surface area contributed by atoms with E-state index in [-0.39, 0.29) is 5.91 Å². The summed E-state index contributed by atoms with van der Waals surface area (Å²) in [6.07, 6.45) is 2.15. The number of para-hydroxylation sites is 1. The second-order valence-corrected chi connectivity index (χ2v) is 10.4. The maximum atomic E-state index is 13.0. The van der Waals surface area contributed by atoms with Crippen LogP contribution in [0.25, 0.3) is 0 Å². The number of aromatic nitrogens is 1. The number of hydrogen-bond donors (Lipinski definition) is 0. The summed E-state index contributed by atoms with van der Waals surface area (Å²) in [6, 6.07) is 23.9. The van der Waals surface area contributed by atoms with E-state index in [9.17, 15) is 4.79 Å². The molecule has 1 saturated heterocycles. The number of benzene rings is 3. The molecule has 0 aliphatic carbocycles. The molecule has 42 heavy (non-hydrogen) atoms. The summed E-state index contributed by atoms with van der Waals surface area (Å²) in [7, 11) is 5.00. The summed E-state index contributed by atoms with van der Waals surface area (Å²) < 4.78 is 22.4. The van der Waals surface area contributed by atoms with Crippen LogP contribution in [0, 0.1) is 0 Å². The maximum absolute atomic E-state index is 13.0. The van der Waals surface area contributed by atoms with Gasteiger partial charge in [-0.1, -0.05) is 36.4 Å². The van der Waals surface area contributed by atoms with Crippen LogP contribution in [0.1, 0.15) is 27.5 Å². The van der Waals surface area contributed by atoms with Crippen LogP contribution in [-0.4, -0.2) is 79.6 Å². The van der Waals surface area contributed by atoms with Crippen molar-refractivity contribution in [1.82, 2.24) is 19.7 Å². The Morgan fingerprint density at radius 1 is 0.833 bits per heavy atom. The Kier molecular flexibility index (Phi) is 9.74. The lowest BCUT2D eigenvalue weighted by Gasteiger charge is -2.34. The van der Waals surface area contributed by atoms with E-state index in [1.54, 1.807) is 26.2 Å². The number of hydrogen-bond acceptors (Lipinski definition) is 8. The Morgan fingerprint density at radius 2 is 1.55 bits per heavy atom. The lowest BCUT2D eigenvalue weighted by atomic mass is 10.1. The number of oxazole rings is 1. The molecule has 1 aliphatic rings. The highest BCUT2D eigenvalue weighted by Gasteiger charge is 2.21. The third-order valence-corrected chi connectivity index (χ3v) is 7.41. The quantitative estimate of drug-likeness (QED) is 0.232. The Hall–Kier alpha value is -4.34. The first-order chi connectivity index (χ1) is 20.5. The number of likely N-dealkylation sites (N-methyl/N-ethyl adjacent to an activating group) is 1. The molecule has 9 nitrogen and oxygen atoms in total. The molecule has 0 atom stereocenters. The van der Waals surface area contributed by atoms with E-state index < -0.39 is 0 Å². The van der Waals surface area contributed by atoms with Crippen LogP contribution in [0.4, 0.5) is 0 Å². The van der Waals surface area contributed by atoms with Crippen LogP contribution in [0.5, 0.6) is 23.0 Å². The van der Waals surface area contributed by atoms with Crippen molar-refractivity contribution < 1.29 is 23.4 Å². The van der Waals surface area contributed by atoms with Crippen molar-refractivity contribution in [2.24, 2.45) is 0 Å². The van der Waals surface area contributed by atoms with E-state index in [1.165, 1.54) is 11.8 Å². The molecule has 1 aromatic heterocycles. The van der Waals surface area contributed by atoms with Gasteiger partial charge >= 0.3 is 0 Å². The predicted octanol–water partition coefficient (Wildman–Crippen LogP) is 5.12. The molecule has 0 radical (unpaired) electrons. The smallest absolute Gasteiger partial charge is 0.275 e. The predicted molar refractivity (Wildman–Crippen MR) is 160 cm³/mol. The van der Waals surface area contributed by atoms with Gasteiger partial charge in [0.1, 0.15) is 17.8 Å². The van der Waals surface area contributed by atoms with E-state index in [4.69, 9.17) is 18.6 Å². The molecule has 4 aromatic rings. The Labute approximate surface area is 247 Å². The average Bonchev–Trinajstić information content (AvgIpc) is 3.49. The Morgan fingerprint density at radius 3 is 2.29 bits per heavy atom. The Bertz CT molecular complexity index is 1450. The number of nitrogens with zero attached hydrogens (tertiary/aromatic N) is 4. The number of ether oxygens (including phenoxy) is 3. The summed E-state index contributed by atoms with van der Waals surface area (Å²) >= 11 is 0. The van der Waals surface area contributed by atoms with Crippen molar-refractivity contribution in [3.63, 3.8) is 0 Å². The summed E-state index contributed by atoms with van der Waals surface area (Å²) in [4.78, 5) is 23.9. The van der Waals surface area contributed by atoms with Gasteiger partial charge < -0.3 is 23.5 Å². The third-order valence-electron chi connectivity index (χ3n) is 7.41. The number of amides is 1. The standard InChI is InChI=1S/C33H38N4O5/c1-35(15-14-25-12-13-30(39-2)31(21-25)40-3)33(38)29-24-41-32(34-29)23-37-18-16-36(17-19-37)22-26-8-7-11-28(20-26)42-27-9-5-4-6-10-27/h4-13,20-21,24H,14-19,22-23H2,1-3H3. The summed E-state index contributed by atoms with van der Waals surface area (Å²) in [5.41, 5.74) is 2.61. The minimum Gasteiger partial charge on any atom is -0.493 e. The number of carbonyl (C=O) groups is 1. The number of rotatable bonds is 12. The van der Waals surface area contributed by atoms with E-state index >= 15 is 0 Å². The summed E-state index contributed by atoms with van der Waals surface area (Å²) in [5, 5.41) is 0. The van der Waals surface area contributed by atoms with Crippen LogP contribution in [0.2, 0.25) is 0 Å². The highest BCUT2D eigenvalue weighted by Crippen LogP contribution is 2.28. The Balaban J connectivity index is 1.07. The molecule has 0 spiro atoms. The fourth-order valence-electron chi connectivity index (χ4n) is 5.00. The second kappa shape index (κ2) is 14.0. The van der Waals surface area contributed by atoms with Crippen molar-refractivity contribution in [3.05, 3.63) is 102 Å². The first-order valence-corrected chi connectivity index (χ1v) is 14.2. The van der Waals surface area contributed by atoms with Crippen molar-refractivity contribution in [1.29, 1.82) is 0 Å². The van der Waals surface area contributed by atoms with Gasteiger partial charge in [-0.15, -0.1) is 0 Å². The normalized spacial score (nSPS) is 14.0. The van der Waals surface area contributed by atoms with Crippen LogP contribution in [-0.2, 0) is 19.5 Å². The molecule has 0 unspecified atom stereocenters. The molecule has 5 rings (SSSR count). The van der Waals surface area contributed by atoms with Crippen LogP contribution >= 0.6 is 0 Å². The van der Waals surface area contributed by atoms with Gasteiger partial charge in [0, 0.05) is 46.3 Å². The lowest BCUT2D eigenvalue weighted by Crippen LogP contribution is -2.45. The van der Waals surface area contributed by atoms with Gasteiger partial charge in [-0.3, -0.25) is 14.6 Å². The largest absolute Gasteiger partial charge is 0.493 e. The molecule has 9 heteroatoms. The van der Waals surface area contributed by atoms with Gasteiger partial charge in [-0.05, 0) is 53.9 Å². The van der Waals surface area contributed by atoms with Crippen LogP contribution < -0.4 is 14.2 Å². The van der Waals surface area contributed by atoms with Crippen molar-refractivity contribution >= 4 is 5.91 Å². The molecular weight excluding hydrogens is 532 g/mol. The maximum Gasteiger partial charge on any atom is 0.275 e. The van der Waals surface area contributed by atoms with E-state index in [0.717, 1.165) is 49.8 Å². The third kappa shape index (κ3) is 7.69. The van der Waals surface area contributed by atoms with Gasteiger partial charge in [0.05, 0.1) is 20.8 Å². The first-order valence-electron chi connectivity index (χ1n) is 14.2. The van der Waals surface area contributed by atoms with Gasteiger partial charge in [0.2, 0.25) is 5.89 Å². The zero-order chi connectivity index (χ0) is 29.3. The lowest BCUT2D eigenvalue weighted by molar-refractivity contribution is 0.0790. The van der Waals surface area contributed by atoms with Gasteiger partial charge in [0.25, 0.3) is 5.91 Å². The van der Waals surface area contributed by atoms with Crippen molar-refractivity contribution in [2.45, 2.75) is 19.5 Å². The monoisotopic (exact) mass is 570 g/mol. The van der Waals surface area contributed by atoms with E-state index in [1.807, 2.05) is 60.7 Å². The topological polar surface area (TPSA) is 80.5 Å². The summed E-state index contributed by atoms with van der Waals surface area (Å²) in [5.74, 6) is 3.44. The van der Waals surface area contributed by atoms with Crippen molar-refractivity contribution in [2.75, 3.05) is 54.0 Å². The molecule has 1 amide bonds. The van der Waals surface area contributed by atoms with Gasteiger partial charge in [0.15, 0.2) is 17.2 Å². The number of piperazine rings is 1. The number of carbonyl (C=O) groups excluding carboxylic acids is 1. The van der Waals surface area contributed by atoms with Crippen LogP contribution in [0.15, 0.2) is 83.5 Å². The molecular formula is C33H38N4O5. The molecule has 1 fully saturated rings. The molecule has 2 heterocycles. The van der Waals surface area contributed by atoms with Gasteiger partial charge in [-0.25, -0.2) is 4.98 Å². The summed E-state index contributed by atoms with van der Waals surface area (Å²) in [6.45, 7) is 5.67. The average molecular weight is 571 g/mol. The SMILES string of the molecule is COc1ccc(CCN(C)C(=O)c2coc(CN3CCN(Cc4cccc(Oc5ccccc5)c4)CC3)n2)cc1OC. The second-order valence-electron chi connectivity index (χ2n) is 10.4. The molecule has 1 aliphatic heterocycles. The molecule has 0 saturated carbocycles. The molecule has 220 valence electrons. The molecule has 0 N–H and O–H groups in total. The van der Waals surface area contributed by atoms with Crippen molar-refractivity contribution in [3.8, 4) is 23.0 Å². The first kappa shape index (κ1) is 29.2.